The summed E-state index contributed by atoms with van der Waals surface area (Å²) in [6, 6.07) is 9.54. The molecule has 148 valence electrons. The van der Waals surface area contributed by atoms with Crippen molar-refractivity contribution in [3.05, 3.63) is 35.9 Å². The summed E-state index contributed by atoms with van der Waals surface area (Å²) in [5.74, 6) is -0.230. The van der Waals surface area contributed by atoms with Crippen molar-refractivity contribution in [1.29, 1.82) is 0 Å². The summed E-state index contributed by atoms with van der Waals surface area (Å²) in [4.78, 5) is 12.0. The Labute approximate surface area is 154 Å². The van der Waals surface area contributed by atoms with Crippen LogP contribution in [0, 0.1) is 0 Å². The fourth-order valence-electron chi connectivity index (χ4n) is 2.59. The van der Waals surface area contributed by atoms with E-state index in [2.05, 4.69) is 0 Å². The Balaban J connectivity index is 2.24. The molecule has 0 aliphatic carbocycles. The molecule has 0 spiro atoms. The molecule has 0 aliphatic heterocycles. The lowest BCUT2D eigenvalue weighted by molar-refractivity contribution is -0.124. The van der Waals surface area contributed by atoms with Crippen molar-refractivity contribution in [1.82, 2.24) is 0 Å². The molecule has 0 saturated carbocycles. The first-order chi connectivity index (χ1) is 12.4. The standard InChI is InChI=1S/C19H30O7/c1-25-19(10-17(23)11-20)9-16(22)7-15(21)8-18(24)13-26-12-14-5-3-2-4-6-14/h2-6,15,17-21,23-24H,7-13H2,1H3/t15-,17+,18-,19-/m1/s1. The number of benzene rings is 1. The number of aliphatic hydroxyl groups is 4. The second kappa shape index (κ2) is 12.9. The SMILES string of the molecule is CO[C@H](CC(=O)C[C@@H](O)C[C@@H](O)COCc1ccccc1)C[C@H](O)CO. The van der Waals surface area contributed by atoms with Crippen LogP contribution in [0.25, 0.3) is 0 Å². The smallest absolute Gasteiger partial charge is 0.138 e. The number of carbonyl (C=O) groups is 1. The van der Waals surface area contributed by atoms with Gasteiger partial charge in [0.2, 0.25) is 0 Å². The number of carbonyl (C=O) groups excluding carboxylic acids is 1. The highest BCUT2D eigenvalue weighted by Crippen LogP contribution is 2.12. The van der Waals surface area contributed by atoms with Crippen molar-refractivity contribution in [2.45, 2.75) is 56.7 Å². The molecule has 7 nitrogen and oxygen atoms in total. The van der Waals surface area contributed by atoms with E-state index in [9.17, 15) is 20.1 Å². The van der Waals surface area contributed by atoms with Crippen LogP contribution in [-0.2, 0) is 20.9 Å². The van der Waals surface area contributed by atoms with Crippen LogP contribution >= 0.6 is 0 Å². The van der Waals surface area contributed by atoms with Gasteiger partial charge in [0, 0.05) is 32.8 Å². The van der Waals surface area contributed by atoms with Crippen molar-refractivity contribution < 1.29 is 34.7 Å². The molecule has 1 aromatic carbocycles. The Morgan fingerprint density at radius 3 is 2.31 bits per heavy atom. The molecule has 1 aromatic rings. The van der Waals surface area contributed by atoms with Crippen molar-refractivity contribution in [2.75, 3.05) is 20.3 Å². The van der Waals surface area contributed by atoms with Crippen molar-refractivity contribution >= 4 is 5.78 Å². The quantitative estimate of drug-likeness (QED) is 0.375. The third-order valence-electron chi connectivity index (χ3n) is 3.96. The molecule has 0 aliphatic rings. The van der Waals surface area contributed by atoms with E-state index in [4.69, 9.17) is 14.6 Å². The Bertz CT molecular complexity index is 494. The van der Waals surface area contributed by atoms with Gasteiger partial charge in [-0.3, -0.25) is 4.79 Å². The van der Waals surface area contributed by atoms with Gasteiger partial charge in [-0.2, -0.15) is 0 Å². The molecule has 0 saturated heterocycles. The van der Waals surface area contributed by atoms with Gasteiger partial charge in [-0.1, -0.05) is 30.3 Å². The highest BCUT2D eigenvalue weighted by atomic mass is 16.5. The van der Waals surface area contributed by atoms with E-state index in [1.165, 1.54) is 7.11 Å². The van der Waals surface area contributed by atoms with E-state index in [-0.39, 0.29) is 38.1 Å². The van der Waals surface area contributed by atoms with Crippen LogP contribution in [0.1, 0.15) is 31.2 Å². The fraction of sp³-hybridized carbons (Fsp3) is 0.632. The molecule has 4 N–H and O–H groups in total. The summed E-state index contributed by atoms with van der Waals surface area (Å²) in [6.07, 6.45) is -3.19. The number of ketones is 1. The summed E-state index contributed by atoms with van der Waals surface area (Å²) in [5.41, 5.74) is 0.992. The van der Waals surface area contributed by atoms with E-state index >= 15 is 0 Å². The second-order valence-corrected chi connectivity index (χ2v) is 6.42. The summed E-state index contributed by atoms with van der Waals surface area (Å²) < 4.78 is 10.5. The first-order valence-corrected chi connectivity index (χ1v) is 8.75. The van der Waals surface area contributed by atoms with Crippen LogP contribution in [0.2, 0.25) is 0 Å². The van der Waals surface area contributed by atoms with Crippen LogP contribution in [0.3, 0.4) is 0 Å². The fourth-order valence-corrected chi connectivity index (χ4v) is 2.59. The molecule has 1 rings (SSSR count). The molecule has 0 radical (unpaired) electrons. The monoisotopic (exact) mass is 370 g/mol. The van der Waals surface area contributed by atoms with E-state index in [1.807, 2.05) is 30.3 Å². The molecule has 4 atom stereocenters. The minimum atomic E-state index is -0.974. The van der Waals surface area contributed by atoms with E-state index in [1.54, 1.807) is 0 Å². The molecule has 0 heterocycles. The minimum Gasteiger partial charge on any atom is -0.394 e. The maximum atomic E-state index is 12.0. The number of hydrogen-bond donors (Lipinski definition) is 4. The third kappa shape index (κ3) is 9.96. The van der Waals surface area contributed by atoms with Crippen molar-refractivity contribution in [3.8, 4) is 0 Å². The first-order valence-electron chi connectivity index (χ1n) is 8.75. The number of methoxy groups -OCH3 is 1. The average molecular weight is 370 g/mol. The van der Waals surface area contributed by atoms with Gasteiger partial charge in [0.05, 0.1) is 44.2 Å². The molecule has 26 heavy (non-hydrogen) atoms. The number of ether oxygens (including phenoxy) is 2. The summed E-state index contributed by atoms with van der Waals surface area (Å²) >= 11 is 0. The minimum absolute atomic E-state index is 0.0330. The second-order valence-electron chi connectivity index (χ2n) is 6.42. The van der Waals surface area contributed by atoms with Gasteiger partial charge in [0.15, 0.2) is 0 Å². The largest absolute Gasteiger partial charge is 0.394 e. The molecule has 0 aromatic heterocycles. The zero-order valence-electron chi connectivity index (χ0n) is 15.2. The zero-order chi connectivity index (χ0) is 19.4. The first kappa shape index (κ1) is 22.7. The maximum Gasteiger partial charge on any atom is 0.138 e. The average Bonchev–Trinajstić information content (AvgIpc) is 2.61. The van der Waals surface area contributed by atoms with Gasteiger partial charge in [-0.05, 0) is 5.56 Å². The van der Waals surface area contributed by atoms with E-state index in [0.29, 0.717) is 6.61 Å². The Kier molecular flexibility index (Phi) is 11.3. The van der Waals surface area contributed by atoms with E-state index < -0.39 is 31.0 Å². The predicted octanol–water partition coefficient (Wildman–Crippen LogP) is 0.423. The van der Waals surface area contributed by atoms with Gasteiger partial charge < -0.3 is 29.9 Å². The molecular formula is C19H30O7. The predicted molar refractivity (Wildman–Crippen MR) is 95.5 cm³/mol. The Morgan fingerprint density at radius 2 is 1.69 bits per heavy atom. The molecule has 0 fully saturated rings. The molecule has 0 amide bonds. The highest BCUT2D eigenvalue weighted by Gasteiger charge is 2.21. The Morgan fingerprint density at radius 1 is 1.00 bits per heavy atom. The van der Waals surface area contributed by atoms with Crippen LogP contribution in [0.5, 0.6) is 0 Å². The van der Waals surface area contributed by atoms with Gasteiger partial charge >= 0.3 is 0 Å². The third-order valence-corrected chi connectivity index (χ3v) is 3.96. The molecule has 0 unspecified atom stereocenters. The molecule has 7 heteroatoms. The number of Topliss-reactive ketones (excluding diaryl/α,β-unsaturated/α-hetero) is 1. The van der Waals surface area contributed by atoms with Crippen LogP contribution in [0.4, 0.5) is 0 Å². The number of hydrogen-bond acceptors (Lipinski definition) is 7. The van der Waals surface area contributed by atoms with E-state index in [0.717, 1.165) is 5.56 Å². The lowest BCUT2D eigenvalue weighted by Gasteiger charge is -2.19. The van der Waals surface area contributed by atoms with Gasteiger partial charge in [0.25, 0.3) is 0 Å². The van der Waals surface area contributed by atoms with Crippen LogP contribution < -0.4 is 0 Å². The molecule has 0 bridgehead atoms. The van der Waals surface area contributed by atoms with Crippen LogP contribution in [-0.4, -0.2) is 70.9 Å². The highest BCUT2D eigenvalue weighted by molar-refractivity contribution is 5.79. The molecular weight excluding hydrogens is 340 g/mol. The van der Waals surface area contributed by atoms with Crippen molar-refractivity contribution in [3.63, 3.8) is 0 Å². The van der Waals surface area contributed by atoms with Crippen molar-refractivity contribution in [2.24, 2.45) is 0 Å². The summed E-state index contributed by atoms with van der Waals surface area (Å²) in [6.45, 7) is 0.0466. The van der Waals surface area contributed by atoms with Gasteiger partial charge in [-0.25, -0.2) is 0 Å². The van der Waals surface area contributed by atoms with Gasteiger partial charge in [-0.15, -0.1) is 0 Å². The zero-order valence-corrected chi connectivity index (χ0v) is 15.2. The van der Waals surface area contributed by atoms with Gasteiger partial charge in [0.1, 0.15) is 5.78 Å². The lowest BCUT2D eigenvalue weighted by Crippen LogP contribution is -2.28. The topological polar surface area (TPSA) is 116 Å². The summed E-state index contributed by atoms with van der Waals surface area (Å²) in [7, 11) is 1.42. The number of aliphatic hydroxyl groups excluding tert-OH is 4. The number of rotatable bonds is 14. The lowest BCUT2D eigenvalue weighted by atomic mass is 10.0. The van der Waals surface area contributed by atoms with Crippen LogP contribution in [0.15, 0.2) is 30.3 Å². The maximum absolute atomic E-state index is 12.0. The summed E-state index contributed by atoms with van der Waals surface area (Å²) in [5, 5.41) is 38.1. The normalized spacial score (nSPS) is 16.0. The Hall–Kier alpha value is -1.35.